The molecule has 0 radical (unpaired) electrons. The Morgan fingerprint density at radius 2 is 1.71 bits per heavy atom. The van der Waals surface area contributed by atoms with Gasteiger partial charge in [0.05, 0.1) is 5.56 Å². The molecule has 2 heterocycles. The largest absolute Gasteiger partial charge is 0.430 e. The molecule has 206 valence electrons. The molecule has 2 aliphatic rings. The summed E-state index contributed by atoms with van der Waals surface area (Å²) in [6.45, 7) is 1.58. The van der Waals surface area contributed by atoms with Crippen LogP contribution in [0, 0.1) is 11.8 Å². The van der Waals surface area contributed by atoms with Crippen LogP contribution in [-0.2, 0) is 10.4 Å². The van der Waals surface area contributed by atoms with E-state index in [1.54, 1.807) is 26.2 Å². The van der Waals surface area contributed by atoms with Gasteiger partial charge in [0.1, 0.15) is 11.0 Å². The molecular formula is C27H32ClF3N4O3. The molecule has 2 N–H and O–H groups in total. The summed E-state index contributed by atoms with van der Waals surface area (Å²) in [4.78, 5) is 32.7. The molecule has 7 nitrogen and oxygen atoms in total. The number of carbonyl (C=O) groups excluding carboxylic acids is 2. The van der Waals surface area contributed by atoms with Crippen molar-refractivity contribution in [3.8, 4) is 0 Å². The fourth-order valence-corrected chi connectivity index (χ4v) is 5.54. The SMILES string of the molecule is CN(C)C(=O)c1ccc(N2CCC(CC3CC(NC(=O)C(O)(c4ccccc4)C(F)(F)F)C3)CC2)nc1Cl. The van der Waals surface area contributed by atoms with Gasteiger partial charge in [0.2, 0.25) is 0 Å². The summed E-state index contributed by atoms with van der Waals surface area (Å²) < 4.78 is 41.2. The fourth-order valence-electron chi connectivity index (χ4n) is 5.31. The molecule has 1 saturated heterocycles. The van der Waals surface area contributed by atoms with Crippen molar-refractivity contribution in [3.63, 3.8) is 0 Å². The Labute approximate surface area is 225 Å². The summed E-state index contributed by atoms with van der Waals surface area (Å²) in [5, 5.41) is 13.0. The van der Waals surface area contributed by atoms with E-state index < -0.39 is 23.2 Å². The van der Waals surface area contributed by atoms with E-state index in [0.717, 1.165) is 50.3 Å². The van der Waals surface area contributed by atoms with Crippen LogP contribution in [0.3, 0.4) is 0 Å². The second kappa shape index (κ2) is 11.1. The molecule has 2 fully saturated rings. The van der Waals surface area contributed by atoms with Crippen LogP contribution in [0.1, 0.15) is 48.0 Å². The van der Waals surface area contributed by atoms with Gasteiger partial charge in [-0.15, -0.1) is 0 Å². The van der Waals surface area contributed by atoms with Gasteiger partial charge in [0, 0.05) is 38.8 Å². The molecule has 1 aromatic heterocycles. The molecule has 4 rings (SSSR count). The maximum Gasteiger partial charge on any atom is 0.430 e. The molecule has 0 spiro atoms. The lowest BCUT2D eigenvalue weighted by molar-refractivity contribution is -0.257. The number of benzene rings is 1. The molecule has 11 heteroatoms. The number of rotatable bonds is 7. The smallest absolute Gasteiger partial charge is 0.369 e. The molecule has 2 amide bonds. The number of aliphatic hydroxyl groups is 1. The number of nitrogens with zero attached hydrogens (tertiary/aromatic N) is 3. The van der Waals surface area contributed by atoms with Crippen molar-refractivity contribution in [3.05, 3.63) is 58.7 Å². The first-order valence-electron chi connectivity index (χ1n) is 12.7. The summed E-state index contributed by atoms with van der Waals surface area (Å²) in [6.07, 6.45) is -1.15. The monoisotopic (exact) mass is 552 g/mol. The van der Waals surface area contributed by atoms with E-state index in [1.807, 2.05) is 0 Å². The van der Waals surface area contributed by atoms with Gasteiger partial charge in [-0.1, -0.05) is 41.9 Å². The summed E-state index contributed by atoms with van der Waals surface area (Å²) in [5.41, 5.74) is -3.72. The Kier molecular flexibility index (Phi) is 8.23. The van der Waals surface area contributed by atoms with Gasteiger partial charge in [-0.05, 0) is 56.1 Å². The minimum absolute atomic E-state index is 0.176. The molecule has 1 unspecified atom stereocenters. The second-order valence-electron chi connectivity index (χ2n) is 10.5. The van der Waals surface area contributed by atoms with Crippen LogP contribution in [0.5, 0.6) is 0 Å². The highest BCUT2D eigenvalue weighted by molar-refractivity contribution is 6.32. The normalized spacial score (nSPS) is 21.8. The first kappa shape index (κ1) is 28.2. The standard InChI is InChI=1S/C27H32ClF3N4O3/c1-34(2)24(36)21-8-9-22(33-23(21)28)35-12-10-17(11-13-35)14-18-15-20(16-18)32-25(37)26(38,27(29,30)31)19-6-4-3-5-7-19/h3-9,17-18,20,38H,10-16H2,1-2H3,(H,32,37). The van der Waals surface area contributed by atoms with Crippen molar-refractivity contribution >= 4 is 29.2 Å². The van der Waals surface area contributed by atoms with E-state index in [2.05, 4.69) is 15.2 Å². The van der Waals surface area contributed by atoms with Crippen molar-refractivity contribution in [2.45, 2.75) is 49.9 Å². The van der Waals surface area contributed by atoms with Gasteiger partial charge >= 0.3 is 6.18 Å². The molecule has 1 saturated carbocycles. The number of nitrogens with one attached hydrogen (secondary N) is 1. The number of hydrogen-bond donors (Lipinski definition) is 2. The maximum absolute atomic E-state index is 13.7. The Morgan fingerprint density at radius 1 is 1.08 bits per heavy atom. The number of carbonyl (C=O) groups is 2. The van der Waals surface area contributed by atoms with E-state index in [4.69, 9.17) is 11.6 Å². The van der Waals surface area contributed by atoms with Crippen LogP contribution in [0.2, 0.25) is 5.15 Å². The lowest BCUT2D eigenvalue weighted by Gasteiger charge is -2.41. The van der Waals surface area contributed by atoms with E-state index in [0.29, 0.717) is 30.2 Å². The number of amides is 2. The summed E-state index contributed by atoms with van der Waals surface area (Å²) in [5.74, 6) is -0.125. The highest BCUT2D eigenvalue weighted by atomic mass is 35.5. The van der Waals surface area contributed by atoms with Crippen LogP contribution in [-0.4, -0.2) is 66.2 Å². The number of pyridine rings is 1. The quantitative estimate of drug-likeness (QED) is 0.498. The van der Waals surface area contributed by atoms with Crippen LogP contribution in [0.25, 0.3) is 0 Å². The zero-order chi connectivity index (χ0) is 27.7. The third-order valence-corrected chi connectivity index (χ3v) is 7.87. The first-order valence-corrected chi connectivity index (χ1v) is 13.1. The van der Waals surface area contributed by atoms with Gasteiger partial charge in [0.15, 0.2) is 0 Å². The van der Waals surface area contributed by atoms with Crippen LogP contribution in [0.4, 0.5) is 19.0 Å². The number of hydrogen-bond acceptors (Lipinski definition) is 5. The van der Waals surface area contributed by atoms with Crippen molar-refractivity contribution in [1.82, 2.24) is 15.2 Å². The third-order valence-electron chi connectivity index (χ3n) is 7.58. The topological polar surface area (TPSA) is 85.8 Å². The molecule has 38 heavy (non-hydrogen) atoms. The van der Waals surface area contributed by atoms with Gasteiger partial charge in [-0.25, -0.2) is 4.98 Å². The number of alkyl halides is 3. The van der Waals surface area contributed by atoms with E-state index in [1.165, 1.54) is 23.1 Å². The zero-order valence-corrected chi connectivity index (χ0v) is 22.1. The zero-order valence-electron chi connectivity index (χ0n) is 21.3. The van der Waals surface area contributed by atoms with Crippen molar-refractivity contribution in [2.75, 3.05) is 32.1 Å². The maximum atomic E-state index is 13.7. The number of anilines is 1. The second-order valence-corrected chi connectivity index (χ2v) is 10.8. The Morgan fingerprint density at radius 3 is 2.26 bits per heavy atom. The van der Waals surface area contributed by atoms with Gasteiger partial charge in [-0.3, -0.25) is 9.59 Å². The Bertz CT molecular complexity index is 1150. The lowest BCUT2D eigenvalue weighted by Crippen LogP contribution is -2.58. The molecule has 2 aromatic rings. The molecule has 1 aliphatic heterocycles. The highest BCUT2D eigenvalue weighted by Crippen LogP contribution is 2.41. The minimum Gasteiger partial charge on any atom is -0.369 e. The fraction of sp³-hybridized carbons (Fsp3) is 0.519. The van der Waals surface area contributed by atoms with E-state index in [-0.39, 0.29) is 17.1 Å². The van der Waals surface area contributed by atoms with E-state index in [9.17, 15) is 27.9 Å². The van der Waals surface area contributed by atoms with E-state index >= 15 is 0 Å². The number of aromatic nitrogens is 1. The summed E-state index contributed by atoms with van der Waals surface area (Å²) in [6, 6.07) is 9.55. The minimum atomic E-state index is -5.14. The Balaban J connectivity index is 1.25. The van der Waals surface area contributed by atoms with Crippen molar-refractivity contribution in [1.29, 1.82) is 0 Å². The van der Waals surface area contributed by atoms with Crippen molar-refractivity contribution in [2.24, 2.45) is 11.8 Å². The third kappa shape index (κ3) is 5.76. The highest BCUT2D eigenvalue weighted by Gasteiger charge is 2.61. The molecular weight excluding hydrogens is 521 g/mol. The van der Waals surface area contributed by atoms with Crippen LogP contribution < -0.4 is 10.2 Å². The average Bonchev–Trinajstić information content (AvgIpc) is 2.86. The molecule has 1 aromatic carbocycles. The molecule has 0 bridgehead atoms. The predicted molar refractivity (Wildman–Crippen MR) is 138 cm³/mol. The Hall–Kier alpha value is -2.85. The first-order chi connectivity index (χ1) is 17.9. The van der Waals surface area contributed by atoms with Gasteiger partial charge in [-0.2, -0.15) is 13.2 Å². The predicted octanol–water partition coefficient (Wildman–Crippen LogP) is 4.39. The van der Waals surface area contributed by atoms with Crippen LogP contribution >= 0.6 is 11.6 Å². The van der Waals surface area contributed by atoms with Gasteiger partial charge in [0.25, 0.3) is 17.4 Å². The summed E-state index contributed by atoms with van der Waals surface area (Å²) >= 11 is 6.26. The van der Waals surface area contributed by atoms with Crippen molar-refractivity contribution < 1.29 is 27.9 Å². The average molecular weight is 553 g/mol. The molecule has 1 atom stereocenters. The van der Waals surface area contributed by atoms with Crippen LogP contribution in [0.15, 0.2) is 42.5 Å². The lowest BCUT2D eigenvalue weighted by atomic mass is 9.73. The number of piperidine rings is 1. The van der Waals surface area contributed by atoms with Gasteiger partial charge < -0.3 is 20.2 Å². The molecule has 1 aliphatic carbocycles. The summed E-state index contributed by atoms with van der Waals surface area (Å²) in [7, 11) is 3.31. The number of halogens is 4.